The third-order valence-corrected chi connectivity index (χ3v) is 6.14. The Morgan fingerprint density at radius 3 is 2.79 bits per heavy atom. The number of pyridine rings is 2. The summed E-state index contributed by atoms with van der Waals surface area (Å²) in [4.78, 5) is 22.6. The molecule has 1 amide bonds. The maximum atomic E-state index is 12.8. The fourth-order valence-corrected chi connectivity index (χ4v) is 4.09. The number of nitriles is 1. The van der Waals surface area contributed by atoms with Gasteiger partial charge < -0.3 is 29.7 Å². The molecule has 0 spiro atoms. The normalized spacial score (nSPS) is 12.4. The van der Waals surface area contributed by atoms with Crippen molar-refractivity contribution in [3.8, 4) is 17.6 Å². The van der Waals surface area contributed by atoms with E-state index in [1.165, 1.54) is 25.4 Å². The minimum atomic E-state index is -2.28. The Kier molecular flexibility index (Phi) is 9.24. The number of hydrogen-bond donors (Lipinski definition) is 2. The number of fused-ring (bicyclic) bond motifs is 1. The molecule has 0 aliphatic rings. The number of nitrogens with zero attached hydrogens (tertiary/aromatic N) is 4. The van der Waals surface area contributed by atoms with Crippen molar-refractivity contribution in [3.05, 3.63) is 89.4 Å². The first-order valence-corrected chi connectivity index (χ1v) is 13.2. The molecule has 0 aliphatic carbocycles. The highest BCUT2D eigenvalue weighted by atomic mass is 35.5. The number of hydrogen-bond acceptors (Lipinski definition) is 9. The van der Waals surface area contributed by atoms with E-state index in [2.05, 4.69) is 26.7 Å². The van der Waals surface area contributed by atoms with E-state index in [-0.39, 0.29) is 25.3 Å². The van der Waals surface area contributed by atoms with Crippen LogP contribution >= 0.6 is 11.6 Å². The number of likely N-dealkylation sites (N-methyl/N-ethyl adjacent to an activating group) is 1. The van der Waals surface area contributed by atoms with Crippen LogP contribution in [-0.2, 0) is 16.1 Å². The van der Waals surface area contributed by atoms with Gasteiger partial charge in [0.05, 0.1) is 39.8 Å². The third-order valence-electron chi connectivity index (χ3n) is 5.84. The molecule has 42 heavy (non-hydrogen) atoms. The van der Waals surface area contributed by atoms with Crippen LogP contribution in [0.1, 0.15) is 15.4 Å². The summed E-state index contributed by atoms with van der Waals surface area (Å²) in [6, 6.07) is 16.2. The number of anilines is 3. The van der Waals surface area contributed by atoms with Crippen molar-refractivity contribution in [1.29, 1.82) is 5.26 Å². The first-order valence-electron chi connectivity index (χ1n) is 14.4. The third kappa shape index (κ3) is 8.17. The predicted molar refractivity (Wildman–Crippen MR) is 163 cm³/mol. The van der Waals surface area contributed by atoms with Crippen molar-refractivity contribution in [3.63, 3.8) is 0 Å². The molecule has 0 saturated carbocycles. The van der Waals surface area contributed by atoms with Gasteiger partial charge in [-0.2, -0.15) is 5.26 Å². The maximum Gasteiger partial charge on any atom is 0.248 e. The lowest BCUT2D eigenvalue weighted by Crippen LogP contribution is -2.14. The monoisotopic (exact) mass is 589 g/mol. The van der Waals surface area contributed by atoms with Crippen LogP contribution in [-0.4, -0.2) is 61.7 Å². The highest BCUT2D eigenvalue weighted by Gasteiger charge is 2.16. The largest absolute Gasteiger partial charge is 0.489 e. The van der Waals surface area contributed by atoms with Gasteiger partial charge in [0.25, 0.3) is 0 Å². The van der Waals surface area contributed by atoms with Crippen molar-refractivity contribution in [2.75, 3.05) is 51.5 Å². The second kappa shape index (κ2) is 14.8. The summed E-state index contributed by atoms with van der Waals surface area (Å²) in [6.07, 6.45) is 5.82. The molecule has 0 radical (unpaired) electrons. The highest BCUT2D eigenvalue weighted by molar-refractivity contribution is 6.32. The minimum absolute atomic E-state index is 0.0396. The number of carbonyl (C=O) groups excluding carboxylic acids is 1. The van der Waals surface area contributed by atoms with Gasteiger partial charge in [0.1, 0.15) is 30.8 Å². The van der Waals surface area contributed by atoms with Gasteiger partial charge >= 0.3 is 0 Å². The minimum Gasteiger partial charge on any atom is -0.489 e. The number of amides is 1. The number of ether oxygens (including phenoxy) is 3. The van der Waals surface area contributed by atoms with Gasteiger partial charge in [-0.3, -0.25) is 14.8 Å². The average molecular weight is 590 g/mol. The van der Waals surface area contributed by atoms with Crippen molar-refractivity contribution >= 4 is 45.5 Å². The van der Waals surface area contributed by atoms with Gasteiger partial charge in [0.15, 0.2) is 0 Å². The summed E-state index contributed by atoms with van der Waals surface area (Å²) in [7, 11) is 2.98. The summed E-state index contributed by atoms with van der Waals surface area (Å²) >= 11 is 6.53. The topological polar surface area (TPSA) is 122 Å². The number of benzene rings is 2. The van der Waals surface area contributed by atoms with E-state index in [0.29, 0.717) is 51.1 Å². The Labute approximate surface area is 253 Å². The van der Waals surface area contributed by atoms with Crippen LogP contribution in [0.3, 0.4) is 0 Å². The molecule has 0 atom stereocenters. The molecule has 0 aliphatic heterocycles. The summed E-state index contributed by atoms with van der Waals surface area (Å²) in [5, 5.41) is 16.8. The van der Waals surface area contributed by atoms with Crippen LogP contribution in [0.5, 0.6) is 11.5 Å². The van der Waals surface area contributed by atoms with Gasteiger partial charge in [-0.25, -0.2) is 0 Å². The molecule has 10 nitrogen and oxygen atoms in total. The lowest BCUT2D eigenvalue weighted by atomic mass is 10.1. The molecular weight excluding hydrogens is 556 g/mol. The van der Waals surface area contributed by atoms with E-state index in [0.717, 1.165) is 10.6 Å². The van der Waals surface area contributed by atoms with Crippen molar-refractivity contribution in [1.82, 2.24) is 14.9 Å². The van der Waals surface area contributed by atoms with E-state index in [1.807, 2.05) is 18.2 Å². The number of carbonyl (C=O) groups is 1. The molecule has 11 heteroatoms. The van der Waals surface area contributed by atoms with E-state index in [1.54, 1.807) is 43.6 Å². The lowest BCUT2D eigenvalue weighted by Gasteiger charge is -2.17. The quantitative estimate of drug-likeness (QED) is 0.152. The zero-order valence-electron chi connectivity index (χ0n) is 26.1. The van der Waals surface area contributed by atoms with Crippen LogP contribution < -0.4 is 20.1 Å². The highest BCUT2D eigenvalue weighted by Crippen LogP contribution is 2.37. The Balaban J connectivity index is 1.63. The van der Waals surface area contributed by atoms with E-state index >= 15 is 0 Å². The molecule has 216 valence electrons. The van der Waals surface area contributed by atoms with Crippen LogP contribution in [0.15, 0.2) is 73.1 Å². The Bertz CT molecular complexity index is 1710. The van der Waals surface area contributed by atoms with Gasteiger partial charge in [0, 0.05) is 53.4 Å². The fraction of sp³-hybridized carbons (Fsp3) is 0.226. The molecule has 0 saturated heterocycles. The fourth-order valence-electron chi connectivity index (χ4n) is 3.86. The molecule has 0 unspecified atom stereocenters. The maximum absolute atomic E-state index is 12.8. The molecule has 2 aromatic heterocycles. The Morgan fingerprint density at radius 2 is 2.05 bits per heavy atom. The smallest absolute Gasteiger partial charge is 0.248 e. The zero-order chi connectivity index (χ0) is 32.4. The molecule has 0 bridgehead atoms. The summed E-state index contributed by atoms with van der Waals surface area (Å²) in [6.45, 7) is -1.48. The summed E-state index contributed by atoms with van der Waals surface area (Å²) < 4.78 is 39.1. The van der Waals surface area contributed by atoms with Crippen LogP contribution in [0.4, 0.5) is 17.1 Å². The first-order chi connectivity index (χ1) is 21.6. The van der Waals surface area contributed by atoms with Crippen molar-refractivity contribution in [2.45, 2.75) is 6.61 Å². The second-order valence-corrected chi connectivity index (χ2v) is 9.42. The first kappa shape index (κ1) is 26.2. The number of rotatable bonds is 13. The van der Waals surface area contributed by atoms with E-state index < -0.39 is 12.9 Å². The number of methoxy groups -OCH3 is 1. The molecule has 2 heterocycles. The van der Waals surface area contributed by atoms with Gasteiger partial charge in [-0.05, 0) is 50.4 Å². The van der Waals surface area contributed by atoms with Crippen LogP contribution in [0.25, 0.3) is 10.9 Å². The molecule has 0 fully saturated rings. The van der Waals surface area contributed by atoms with Gasteiger partial charge in [0.2, 0.25) is 5.91 Å². The SMILES string of the molecule is [2H]C([2H])([2H])N(C)C/C=C/C(=O)Nc1cc2c(Nc3ccc(OCc4ccccn4)c(Cl)c3)c(C#N)cnc2cc1OCCOC. The average Bonchev–Trinajstić information content (AvgIpc) is 3.01. The second-order valence-electron chi connectivity index (χ2n) is 9.02. The molecule has 2 N–H and O–H groups in total. The standard InChI is InChI=1S/C31H31ClN6O4/c1-38(2)12-6-8-30(39)37-27-16-24-26(17-29(27)41-14-13-40-3)35-19-21(18-33)31(24)36-22-9-10-28(25(32)15-22)42-20-23-7-4-5-11-34-23/h4-11,15-17,19H,12-14,20H2,1-3H3,(H,35,36)(H,37,39)/b8-6+/i1D3. The number of halogens is 1. The molecular formula is C31H31ClN6O4. The zero-order valence-corrected chi connectivity index (χ0v) is 23.8. The summed E-state index contributed by atoms with van der Waals surface area (Å²) in [5.74, 6) is 0.298. The van der Waals surface area contributed by atoms with E-state index in [4.69, 9.17) is 29.9 Å². The van der Waals surface area contributed by atoms with E-state index in [9.17, 15) is 10.1 Å². The Morgan fingerprint density at radius 1 is 1.17 bits per heavy atom. The molecule has 4 aromatic rings. The molecule has 4 rings (SSSR count). The Hall–Kier alpha value is -4.69. The van der Waals surface area contributed by atoms with Crippen molar-refractivity contribution < 1.29 is 23.1 Å². The number of nitrogens with one attached hydrogen (secondary N) is 2. The lowest BCUT2D eigenvalue weighted by molar-refractivity contribution is -0.111. The van der Waals surface area contributed by atoms with Gasteiger partial charge in [-0.1, -0.05) is 23.7 Å². The van der Waals surface area contributed by atoms with Crippen LogP contribution in [0, 0.1) is 11.3 Å². The van der Waals surface area contributed by atoms with Gasteiger partial charge in [-0.15, -0.1) is 0 Å². The van der Waals surface area contributed by atoms with Crippen molar-refractivity contribution in [2.24, 2.45) is 0 Å². The number of aromatic nitrogens is 2. The summed E-state index contributed by atoms with van der Waals surface area (Å²) in [5.41, 5.74) is 2.85. The predicted octanol–water partition coefficient (Wildman–Crippen LogP) is 5.56. The molecule has 2 aromatic carbocycles. The van der Waals surface area contributed by atoms with Crippen LogP contribution in [0.2, 0.25) is 5.02 Å².